The van der Waals surface area contributed by atoms with Crippen LogP contribution in [-0.2, 0) is 4.79 Å². The molecule has 0 aliphatic carbocycles. The summed E-state index contributed by atoms with van der Waals surface area (Å²) in [5.74, 6) is -0.734. The summed E-state index contributed by atoms with van der Waals surface area (Å²) in [6.45, 7) is 2.86. The molecule has 1 heterocycles. The van der Waals surface area contributed by atoms with E-state index in [9.17, 15) is 9.59 Å². The number of amides is 1. The van der Waals surface area contributed by atoms with Crippen molar-refractivity contribution in [3.8, 4) is 5.75 Å². The zero-order chi connectivity index (χ0) is 18.5. The Balaban J connectivity index is 1.63. The van der Waals surface area contributed by atoms with Crippen LogP contribution in [0.5, 0.6) is 5.75 Å². The first-order valence-corrected chi connectivity index (χ1v) is 8.88. The molecule has 0 saturated carbocycles. The Morgan fingerprint density at radius 2 is 1.81 bits per heavy atom. The summed E-state index contributed by atoms with van der Waals surface area (Å²) < 4.78 is 5.93. The SMILES string of the molecule is CC(Oc1ccc(C(=O)N2CCCC(C(=O)O)C2)cc1)c1ccccc1. The Kier molecular flexibility index (Phi) is 5.56. The molecule has 0 bridgehead atoms. The Labute approximate surface area is 153 Å². The van der Waals surface area contributed by atoms with Crippen molar-refractivity contribution in [1.29, 1.82) is 0 Å². The number of nitrogens with zero attached hydrogens (tertiary/aromatic N) is 1. The van der Waals surface area contributed by atoms with E-state index < -0.39 is 11.9 Å². The van der Waals surface area contributed by atoms with E-state index >= 15 is 0 Å². The van der Waals surface area contributed by atoms with Crippen LogP contribution in [0.1, 0.15) is 41.8 Å². The predicted molar refractivity (Wildman–Crippen MR) is 98.2 cm³/mol. The molecule has 0 aromatic heterocycles. The summed E-state index contributed by atoms with van der Waals surface area (Å²) in [7, 11) is 0. The van der Waals surface area contributed by atoms with Gasteiger partial charge in [0.15, 0.2) is 0 Å². The highest BCUT2D eigenvalue weighted by molar-refractivity contribution is 5.94. The predicted octanol–water partition coefficient (Wildman–Crippen LogP) is 3.76. The van der Waals surface area contributed by atoms with E-state index in [1.54, 1.807) is 29.2 Å². The molecule has 136 valence electrons. The lowest BCUT2D eigenvalue weighted by Gasteiger charge is -2.30. The van der Waals surface area contributed by atoms with Crippen LogP contribution in [0, 0.1) is 5.92 Å². The Morgan fingerprint density at radius 3 is 2.46 bits per heavy atom. The highest BCUT2D eigenvalue weighted by atomic mass is 16.5. The van der Waals surface area contributed by atoms with Crippen molar-refractivity contribution < 1.29 is 19.4 Å². The minimum Gasteiger partial charge on any atom is -0.486 e. The van der Waals surface area contributed by atoms with Crippen LogP contribution in [0.25, 0.3) is 0 Å². The van der Waals surface area contributed by atoms with Crippen molar-refractivity contribution in [3.05, 3.63) is 65.7 Å². The highest BCUT2D eigenvalue weighted by Crippen LogP contribution is 2.23. The van der Waals surface area contributed by atoms with E-state index in [0.717, 1.165) is 12.0 Å². The molecule has 1 amide bonds. The minimum atomic E-state index is -0.832. The molecule has 1 aliphatic heterocycles. The molecule has 1 saturated heterocycles. The number of hydrogen-bond donors (Lipinski definition) is 1. The van der Waals surface area contributed by atoms with E-state index in [1.807, 2.05) is 37.3 Å². The molecule has 2 aromatic rings. The molecule has 2 aromatic carbocycles. The Morgan fingerprint density at radius 1 is 1.12 bits per heavy atom. The molecular weight excluding hydrogens is 330 g/mol. The van der Waals surface area contributed by atoms with Crippen molar-refractivity contribution in [1.82, 2.24) is 4.90 Å². The second kappa shape index (κ2) is 8.04. The third-order valence-electron chi connectivity index (χ3n) is 4.74. The molecule has 1 N–H and O–H groups in total. The number of carbonyl (C=O) groups is 2. The first kappa shape index (κ1) is 18.0. The third kappa shape index (κ3) is 4.23. The fourth-order valence-electron chi connectivity index (χ4n) is 3.22. The first-order valence-electron chi connectivity index (χ1n) is 8.88. The van der Waals surface area contributed by atoms with Gasteiger partial charge in [0.25, 0.3) is 5.91 Å². The zero-order valence-corrected chi connectivity index (χ0v) is 14.8. The van der Waals surface area contributed by atoms with Gasteiger partial charge in [-0.1, -0.05) is 30.3 Å². The number of carboxylic acids is 1. The molecular formula is C21H23NO4. The van der Waals surface area contributed by atoms with Gasteiger partial charge < -0.3 is 14.7 Å². The van der Waals surface area contributed by atoms with Gasteiger partial charge in [0, 0.05) is 18.7 Å². The first-order chi connectivity index (χ1) is 12.5. The number of piperidine rings is 1. The van der Waals surface area contributed by atoms with Gasteiger partial charge in [0.05, 0.1) is 5.92 Å². The van der Waals surface area contributed by atoms with Crippen molar-refractivity contribution in [2.75, 3.05) is 13.1 Å². The van der Waals surface area contributed by atoms with E-state index in [4.69, 9.17) is 9.84 Å². The van der Waals surface area contributed by atoms with Gasteiger partial charge in [-0.15, -0.1) is 0 Å². The lowest BCUT2D eigenvalue weighted by molar-refractivity contribution is -0.143. The van der Waals surface area contributed by atoms with E-state index in [-0.39, 0.29) is 18.6 Å². The maximum Gasteiger partial charge on any atom is 0.308 e. The minimum absolute atomic E-state index is 0.0869. The van der Waals surface area contributed by atoms with Gasteiger partial charge in [-0.3, -0.25) is 9.59 Å². The smallest absolute Gasteiger partial charge is 0.308 e. The fraction of sp³-hybridized carbons (Fsp3) is 0.333. The molecule has 3 rings (SSSR count). The fourth-order valence-corrected chi connectivity index (χ4v) is 3.22. The van der Waals surface area contributed by atoms with Crippen molar-refractivity contribution in [2.24, 2.45) is 5.92 Å². The molecule has 0 radical (unpaired) electrons. The average Bonchev–Trinajstić information content (AvgIpc) is 2.68. The Hall–Kier alpha value is -2.82. The van der Waals surface area contributed by atoms with Crippen LogP contribution < -0.4 is 4.74 Å². The maximum atomic E-state index is 12.6. The summed E-state index contributed by atoms with van der Waals surface area (Å²) in [5, 5.41) is 9.17. The highest BCUT2D eigenvalue weighted by Gasteiger charge is 2.28. The lowest BCUT2D eigenvalue weighted by Crippen LogP contribution is -2.42. The van der Waals surface area contributed by atoms with Crippen LogP contribution in [0.2, 0.25) is 0 Å². The summed E-state index contributed by atoms with van der Waals surface area (Å²) >= 11 is 0. The van der Waals surface area contributed by atoms with Gasteiger partial charge in [-0.05, 0) is 49.6 Å². The molecule has 2 unspecified atom stereocenters. The number of aliphatic carboxylic acids is 1. The van der Waals surface area contributed by atoms with E-state index in [2.05, 4.69) is 0 Å². The summed E-state index contributed by atoms with van der Waals surface area (Å²) in [6.07, 6.45) is 1.26. The zero-order valence-electron chi connectivity index (χ0n) is 14.8. The Bertz CT molecular complexity index is 757. The normalized spacial score (nSPS) is 18.2. The van der Waals surface area contributed by atoms with E-state index in [0.29, 0.717) is 24.3 Å². The molecule has 2 atom stereocenters. The lowest BCUT2D eigenvalue weighted by atomic mass is 9.97. The maximum absolute atomic E-state index is 12.6. The van der Waals surface area contributed by atoms with Gasteiger partial charge in [0.1, 0.15) is 11.9 Å². The standard InChI is InChI=1S/C21H23NO4/c1-15(16-6-3-2-4-7-16)26-19-11-9-17(10-12-19)20(23)22-13-5-8-18(14-22)21(24)25/h2-4,6-7,9-12,15,18H,5,8,13-14H2,1H3,(H,24,25). The van der Waals surface area contributed by atoms with Crippen molar-refractivity contribution in [3.63, 3.8) is 0 Å². The second-order valence-electron chi connectivity index (χ2n) is 6.62. The molecule has 5 heteroatoms. The molecule has 0 spiro atoms. The quantitative estimate of drug-likeness (QED) is 0.889. The third-order valence-corrected chi connectivity index (χ3v) is 4.74. The van der Waals surface area contributed by atoms with Crippen LogP contribution in [0.3, 0.4) is 0 Å². The van der Waals surface area contributed by atoms with Crippen LogP contribution in [0.15, 0.2) is 54.6 Å². The summed E-state index contributed by atoms with van der Waals surface area (Å²) in [5.41, 5.74) is 1.64. The number of carboxylic acid groups (broad SMARTS) is 1. The number of carbonyl (C=O) groups excluding carboxylic acids is 1. The molecule has 5 nitrogen and oxygen atoms in total. The van der Waals surface area contributed by atoms with Gasteiger partial charge in [0.2, 0.25) is 0 Å². The number of hydrogen-bond acceptors (Lipinski definition) is 3. The summed E-state index contributed by atoms with van der Waals surface area (Å²) in [4.78, 5) is 25.4. The molecule has 26 heavy (non-hydrogen) atoms. The topological polar surface area (TPSA) is 66.8 Å². The monoisotopic (exact) mass is 353 g/mol. The van der Waals surface area contributed by atoms with Gasteiger partial charge >= 0.3 is 5.97 Å². The van der Waals surface area contributed by atoms with Gasteiger partial charge in [-0.2, -0.15) is 0 Å². The molecule has 1 fully saturated rings. The van der Waals surface area contributed by atoms with Crippen molar-refractivity contribution >= 4 is 11.9 Å². The molecule has 1 aliphatic rings. The van der Waals surface area contributed by atoms with Crippen molar-refractivity contribution in [2.45, 2.75) is 25.9 Å². The van der Waals surface area contributed by atoms with Crippen LogP contribution >= 0.6 is 0 Å². The number of likely N-dealkylation sites (tertiary alicyclic amines) is 1. The summed E-state index contributed by atoms with van der Waals surface area (Å²) in [6, 6.07) is 17.0. The van der Waals surface area contributed by atoms with E-state index in [1.165, 1.54) is 0 Å². The largest absolute Gasteiger partial charge is 0.486 e. The van der Waals surface area contributed by atoms with Crippen LogP contribution in [-0.4, -0.2) is 35.0 Å². The average molecular weight is 353 g/mol. The second-order valence-corrected chi connectivity index (χ2v) is 6.62. The van der Waals surface area contributed by atoms with Crippen LogP contribution in [0.4, 0.5) is 0 Å². The number of ether oxygens (including phenoxy) is 1. The number of rotatable bonds is 5. The van der Waals surface area contributed by atoms with Gasteiger partial charge in [-0.25, -0.2) is 0 Å². The number of benzene rings is 2.